The predicted octanol–water partition coefficient (Wildman–Crippen LogP) is 1.82. The second kappa shape index (κ2) is 10.2. The summed E-state index contributed by atoms with van der Waals surface area (Å²) in [5.74, 6) is -0.659. The number of hydrogen-bond acceptors (Lipinski definition) is 4. The quantitative estimate of drug-likeness (QED) is 0.487. The maximum absolute atomic E-state index is 12.9. The Hall–Kier alpha value is -2.67. The first kappa shape index (κ1) is 22.6. The van der Waals surface area contributed by atoms with E-state index >= 15 is 0 Å². The van der Waals surface area contributed by atoms with Gasteiger partial charge in [-0.15, -0.1) is 0 Å². The fraction of sp³-hybridized carbons (Fsp3) is 0.500. The van der Waals surface area contributed by atoms with E-state index in [9.17, 15) is 14.4 Å². The topological polar surface area (TPSA) is 117 Å². The van der Waals surface area contributed by atoms with Crippen LogP contribution in [-0.2, 0) is 20.8 Å². The first-order valence-electron chi connectivity index (χ1n) is 10.0. The van der Waals surface area contributed by atoms with Crippen LogP contribution >= 0.6 is 0 Å². The average molecular weight is 400 g/mol. The number of para-hydroxylation sites is 1. The van der Waals surface area contributed by atoms with Crippen LogP contribution in [0.4, 0.5) is 0 Å². The molecule has 0 fully saturated rings. The second-order valence-corrected chi connectivity index (χ2v) is 8.21. The highest BCUT2D eigenvalue weighted by molar-refractivity contribution is 5.92. The van der Waals surface area contributed by atoms with Gasteiger partial charge in [0.1, 0.15) is 6.04 Å². The summed E-state index contributed by atoms with van der Waals surface area (Å²) in [7, 11) is 0. The zero-order valence-electron chi connectivity index (χ0n) is 17.5. The zero-order valence-corrected chi connectivity index (χ0v) is 17.5. The van der Waals surface area contributed by atoms with E-state index in [1.807, 2.05) is 64.4 Å². The molecule has 5 N–H and O–H groups in total. The van der Waals surface area contributed by atoms with Gasteiger partial charge >= 0.3 is 0 Å². The fourth-order valence-corrected chi connectivity index (χ4v) is 3.21. The number of nitrogens with one attached hydrogen (secondary N) is 3. The summed E-state index contributed by atoms with van der Waals surface area (Å²) in [5.41, 5.74) is 7.84. The molecule has 0 saturated carbocycles. The van der Waals surface area contributed by atoms with Crippen molar-refractivity contribution in [3.05, 3.63) is 36.0 Å². The Morgan fingerprint density at radius 3 is 2.41 bits per heavy atom. The van der Waals surface area contributed by atoms with Gasteiger partial charge in [-0.25, -0.2) is 0 Å². The highest BCUT2D eigenvalue weighted by atomic mass is 16.2. The number of carbonyl (C=O) groups is 2. The van der Waals surface area contributed by atoms with Crippen LogP contribution in [0.3, 0.4) is 0 Å². The predicted molar refractivity (Wildman–Crippen MR) is 114 cm³/mol. The average Bonchev–Trinajstić information content (AvgIpc) is 3.07. The molecule has 7 nitrogen and oxygen atoms in total. The number of rotatable bonds is 10. The molecular formula is C22H31N4O3. The van der Waals surface area contributed by atoms with Crippen molar-refractivity contribution in [1.82, 2.24) is 15.6 Å². The largest absolute Gasteiger partial charge is 0.361 e. The molecule has 1 heterocycles. The Labute approximate surface area is 171 Å². The highest BCUT2D eigenvalue weighted by Gasteiger charge is 2.28. The van der Waals surface area contributed by atoms with Crippen molar-refractivity contribution in [2.45, 2.75) is 58.7 Å². The lowest BCUT2D eigenvalue weighted by atomic mass is 10.0. The number of aromatic amines is 1. The number of aromatic nitrogens is 1. The lowest BCUT2D eigenvalue weighted by molar-refractivity contribution is -0.130. The minimum atomic E-state index is -0.852. The van der Waals surface area contributed by atoms with Crippen molar-refractivity contribution < 1.29 is 14.4 Å². The van der Waals surface area contributed by atoms with E-state index in [1.54, 1.807) is 0 Å². The summed E-state index contributed by atoms with van der Waals surface area (Å²) in [6.07, 6.45) is 4.48. The SMILES string of the molecule is CC(C)C[C@H](N)C(=O)N[C@@H](Cc1c[nH]c2ccccc12)C(=O)N[C@H]([C]=O)C(C)C. The number of fused-ring (bicyclic) bond motifs is 1. The number of amides is 2. The Balaban J connectivity index is 2.23. The molecule has 0 saturated heterocycles. The van der Waals surface area contributed by atoms with Crippen molar-refractivity contribution in [3.8, 4) is 0 Å². The summed E-state index contributed by atoms with van der Waals surface area (Å²) in [6.45, 7) is 7.61. The van der Waals surface area contributed by atoms with Crippen molar-refractivity contribution >= 4 is 29.0 Å². The first-order valence-corrected chi connectivity index (χ1v) is 10.0. The van der Waals surface area contributed by atoms with Crippen LogP contribution in [0.5, 0.6) is 0 Å². The van der Waals surface area contributed by atoms with Crippen molar-refractivity contribution in [3.63, 3.8) is 0 Å². The Kier molecular flexibility index (Phi) is 7.96. The molecule has 7 heteroatoms. The Bertz CT molecular complexity index is 843. The number of nitrogens with two attached hydrogens (primary N) is 1. The van der Waals surface area contributed by atoms with Gasteiger partial charge < -0.3 is 21.4 Å². The molecule has 1 aromatic heterocycles. The van der Waals surface area contributed by atoms with E-state index < -0.39 is 24.0 Å². The third-order valence-corrected chi connectivity index (χ3v) is 4.89. The lowest BCUT2D eigenvalue weighted by Crippen LogP contribution is -2.55. The fourth-order valence-electron chi connectivity index (χ4n) is 3.21. The number of benzene rings is 1. The molecule has 3 atom stereocenters. The molecule has 0 bridgehead atoms. The molecule has 2 rings (SSSR count). The van der Waals surface area contributed by atoms with Gasteiger partial charge in [-0.2, -0.15) is 0 Å². The van der Waals surface area contributed by atoms with Crippen molar-refractivity contribution in [2.24, 2.45) is 17.6 Å². The highest BCUT2D eigenvalue weighted by Crippen LogP contribution is 2.19. The summed E-state index contributed by atoms with van der Waals surface area (Å²) in [4.78, 5) is 39.8. The molecule has 0 aliphatic rings. The van der Waals surface area contributed by atoms with Gasteiger partial charge in [-0.3, -0.25) is 14.4 Å². The smallest absolute Gasteiger partial charge is 0.243 e. The molecule has 0 spiro atoms. The van der Waals surface area contributed by atoms with Gasteiger partial charge in [-0.05, 0) is 29.9 Å². The van der Waals surface area contributed by atoms with Crippen LogP contribution in [0.1, 0.15) is 39.7 Å². The number of H-pyrrole nitrogens is 1. The van der Waals surface area contributed by atoms with Crippen molar-refractivity contribution in [2.75, 3.05) is 0 Å². The normalized spacial score (nSPS) is 14.6. The maximum Gasteiger partial charge on any atom is 0.243 e. The first-order chi connectivity index (χ1) is 13.7. The van der Waals surface area contributed by atoms with Crippen LogP contribution < -0.4 is 16.4 Å². The minimum Gasteiger partial charge on any atom is -0.361 e. The van der Waals surface area contributed by atoms with Gasteiger partial charge in [-0.1, -0.05) is 45.9 Å². The van der Waals surface area contributed by atoms with Crippen molar-refractivity contribution in [1.29, 1.82) is 0 Å². The molecule has 0 unspecified atom stereocenters. The molecule has 2 aromatic rings. The van der Waals surface area contributed by atoms with Gasteiger partial charge in [0, 0.05) is 23.5 Å². The summed E-state index contributed by atoms with van der Waals surface area (Å²) in [5, 5.41) is 6.44. The third-order valence-electron chi connectivity index (χ3n) is 4.89. The zero-order chi connectivity index (χ0) is 21.6. The Morgan fingerprint density at radius 1 is 1.10 bits per heavy atom. The van der Waals surface area contributed by atoms with Crippen LogP contribution in [0.25, 0.3) is 10.9 Å². The van der Waals surface area contributed by atoms with Crippen LogP contribution in [0.2, 0.25) is 0 Å². The summed E-state index contributed by atoms with van der Waals surface area (Å²) in [6, 6.07) is 5.45. The van der Waals surface area contributed by atoms with Crippen LogP contribution in [0.15, 0.2) is 30.5 Å². The van der Waals surface area contributed by atoms with Gasteiger partial charge in [0.15, 0.2) is 0 Å². The van der Waals surface area contributed by atoms with E-state index in [4.69, 9.17) is 5.73 Å². The molecule has 0 aliphatic carbocycles. The summed E-state index contributed by atoms with van der Waals surface area (Å²) < 4.78 is 0. The number of carbonyl (C=O) groups excluding carboxylic acids is 3. The monoisotopic (exact) mass is 399 g/mol. The standard InChI is InChI=1S/C22H31N4O3/c1-13(2)9-17(23)21(28)25-19(22(29)26-20(12-27)14(3)4)10-15-11-24-18-8-6-5-7-16(15)18/h5-8,11,13-14,17,19-20,24H,9-10,23H2,1-4H3,(H,25,28)(H,26,29)/t17-,19-,20+/m0/s1. The second-order valence-electron chi connectivity index (χ2n) is 8.21. The maximum atomic E-state index is 12.9. The molecule has 29 heavy (non-hydrogen) atoms. The lowest BCUT2D eigenvalue weighted by Gasteiger charge is -2.24. The van der Waals surface area contributed by atoms with E-state index in [-0.39, 0.29) is 24.2 Å². The van der Waals surface area contributed by atoms with Gasteiger partial charge in [0.05, 0.1) is 12.1 Å². The van der Waals surface area contributed by atoms with Crippen LogP contribution in [-0.4, -0.2) is 41.2 Å². The van der Waals surface area contributed by atoms with E-state index in [0.29, 0.717) is 6.42 Å². The molecule has 157 valence electrons. The molecule has 2 amide bonds. The van der Waals surface area contributed by atoms with E-state index in [0.717, 1.165) is 16.5 Å². The molecule has 1 radical (unpaired) electrons. The van der Waals surface area contributed by atoms with Gasteiger partial charge in [0.25, 0.3) is 0 Å². The van der Waals surface area contributed by atoms with Crippen LogP contribution in [0, 0.1) is 11.8 Å². The molecule has 0 aliphatic heterocycles. The van der Waals surface area contributed by atoms with E-state index in [1.165, 1.54) is 0 Å². The summed E-state index contributed by atoms with van der Waals surface area (Å²) >= 11 is 0. The minimum absolute atomic E-state index is 0.107. The van der Waals surface area contributed by atoms with Gasteiger partial charge in [0.2, 0.25) is 18.1 Å². The number of hydrogen-bond donors (Lipinski definition) is 4. The molecular weight excluding hydrogens is 368 g/mol. The molecule has 1 aromatic carbocycles. The third kappa shape index (κ3) is 6.15. The Morgan fingerprint density at radius 2 is 1.79 bits per heavy atom. The van der Waals surface area contributed by atoms with E-state index in [2.05, 4.69) is 15.6 Å².